The van der Waals surface area contributed by atoms with Gasteiger partial charge in [0.1, 0.15) is 0 Å². The van der Waals surface area contributed by atoms with Gasteiger partial charge < -0.3 is 9.84 Å². The minimum Gasteiger partial charge on any atom is -0.349 e. The number of aromatic nitrogens is 2. The van der Waals surface area contributed by atoms with E-state index in [-0.39, 0.29) is 17.9 Å². The van der Waals surface area contributed by atoms with E-state index < -0.39 is 0 Å². The molecule has 6 nitrogen and oxygen atoms in total. The molecule has 2 bridgehead atoms. The maximum absolute atomic E-state index is 12.5. The number of carbonyl (C=O) groups excluding carboxylic acids is 1. The highest BCUT2D eigenvalue weighted by Crippen LogP contribution is 2.43. The summed E-state index contributed by atoms with van der Waals surface area (Å²) in [6.45, 7) is 1.03. The van der Waals surface area contributed by atoms with Crippen LogP contribution in [-0.2, 0) is 4.79 Å². The van der Waals surface area contributed by atoms with Crippen molar-refractivity contribution >= 4 is 5.91 Å². The summed E-state index contributed by atoms with van der Waals surface area (Å²) in [7, 11) is 0. The van der Waals surface area contributed by atoms with E-state index >= 15 is 0 Å². The largest absolute Gasteiger partial charge is 0.349 e. The first-order valence-electron chi connectivity index (χ1n) is 12.7. The van der Waals surface area contributed by atoms with E-state index in [9.17, 15) is 4.79 Å². The van der Waals surface area contributed by atoms with Crippen LogP contribution in [0, 0.1) is 5.92 Å². The lowest BCUT2D eigenvalue weighted by Gasteiger charge is -2.38. The second-order valence-electron chi connectivity index (χ2n) is 10.4. The number of hydrogen-bond acceptors (Lipinski definition) is 5. The third kappa shape index (κ3) is 4.09. The van der Waals surface area contributed by atoms with E-state index in [0.717, 1.165) is 50.4 Å². The van der Waals surface area contributed by atoms with Crippen molar-refractivity contribution in [2.45, 2.75) is 94.2 Å². The smallest absolute Gasteiger partial charge is 0.229 e. The van der Waals surface area contributed by atoms with Gasteiger partial charge in [0.05, 0.1) is 6.04 Å². The number of carbonyl (C=O) groups is 1. The van der Waals surface area contributed by atoms with Crippen LogP contribution < -0.4 is 5.32 Å². The van der Waals surface area contributed by atoms with Crippen LogP contribution >= 0.6 is 0 Å². The fourth-order valence-electron chi connectivity index (χ4n) is 6.00. The van der Waals surface area contributed by atoms with Gasteiger partial charge in [-0.3, -0.25) is 9.69 Å². The van der Waals surface area contributed by atoms with Gasteiger partial charge in [0.2, 0.25) is 11.8 Å². The number of rotatable bonds is 8. The topological polar surface area (TPSA) is 71.3 Å². The normalized spacial score (nSPS) is 28.9. The van der Waals surface area contributed by atoms with Crippen LogP contribution in [0.1, 0.15) is 99.4 Å². The number of piperidine rings is 1. The summed E-state index contributed by atoms with van der Waals surface area (Å²) in [4.78, 5) is 20.0. The molecule has 1 aromatic heterocycles. The highest BCUT2D eigenvalue weighted by Gasteiger charge is 2.43. The van der Waals surface area contributed by atoms with Gasteiger partial charge in [-0.2, -0.15) is 4.98 Å². The second kappa shape index (κ2) is 8.62. The molecule has 2 aromatic rings. The quantitative estimate of drug-likeness (QED) is 0.652. The average Bonchev–Trinajstić information content (AvgIpc) is 3.48. The standard InChI is InChI=1S/C26H34N4O2/c31-25(18-9-10-18)27-23(17-5-2-1-3-6-17)13-14-30-21-11-12-22(30)16-20(15-21)24-28-26(32-29-24)19-7-4-8-19/h1-3,5-6,18-23H,4,7-16H2,(H,27,31). The van der Waals surface area contributed by atoms with Crippen molar-refractivity contribution in [1.82, 2.24) is 20.4 Å². The number of nitrogens with one attached hydrogen (secondary N) is 1. The van der Waals surface area contributed by atoms with Gasteiger partial charge in [0, 0.05) is 36.4 Å². The first kappa shape index (κ1) is 20.4. The third-order valence-corrected chi connectivity index (χ3v) is 8.30. The van der Waals surface area contributed by atoms with Crippen LogP contribution in [-0.4, -0.2) is 39.6 Å². The highest BCUT2D eigenvalue weighted by molar-refractivity contribution is 5.81. The molecule has 3 atom stereocenters. The zero-order chi connectivity index (χ0) is 21.5. The molecule has 2 saturated carbocycles. The molecule has 2 aliphatic carbocycles. The molecule has 0 radical (unpaired) electrons. The molecule has 6 rings (SSSR count). The van der Waals surface area contributed by atoms with Crippen molar-refractivity contribution in [2.24, 2.45) is 5.92 Å². The Morgan fingerprint density at radius 1 is 1.03 bits per heavy atom. The zero-order valence-corrected chi connectivity index (χ0v) is 18.8. The fraction of sp³-hybridized carbons (Fsp3) is 0.654. The van der Waals surface area contributed by atoms with Crippen molar-refractivity contribution < 1.29 is 9.32 Å². The van der Waals surface area contributed by atoms with Crippen LogP contribution in [0.5, 0.6) is 0 Å². The molecular formula is C26H34N4O2. The van der Waals surface area contributed by atoms with E-state index in [1.165, 1.54) is 37.7 Å². The predicted octanol–water partition coefficient (Wildman–Crippen LogP) is 4.71. The summed E-state index contributed by atoms with van der Waals surface area (Å²) < 4.78 is 5.61. The van der Waals surface area contributed by atoms with Crippen molar-refractivity contribution in [2.75, 3.05) is 6.54 Å². The maximum atomic E-state index is 12.5. The molecule has 3 heterocycles. The summed E-state index contributed by atoms with van der Waals surface area (Å²) in [6, 6.07) is 11.8. The molecule has 4 aliphatic rings. The van der Waals surface area contributed by atoms with E-state index in [1.54, 1.807) is 0 Å². The summed E-state index contributed by atoms with van der Waals surface area (Å²) in [5.41, 5.74) is 1.22. The molecule has 1 aromatic carbocycles. The molecule has 6 heteroatoms. The van der Waals surface area contributed by atoms with Crippen LogP contribution in [0.4, 0.5) is 0 Å². The number of amides is 1. The van der Waals surface area contributed by atoms with E-state index in [0.29, 0.717) is 23.9 Å². The van der Waals surface area contributed by atoms with Gasteiger partial charge in [-0.05, 0) is 63.4 Å². The Hall–Kier alpha value is -2.21. The van der Waals surface area contributed by atoms with Gasteiger partial charge in [0.15, 0.2) is 5.82 Å². The monoisotopic (exact) mass is 434 g/mol. The minimum atomic E-state index is 0.101. The lowest BCUT2D eigenvalue weighted by Crippen LogP contribution is -2.44. The number of nitrogens with zero attached hydrogens (tertiary/aromatic N) is 3. The Labute approximate surface area is 190 Å². The molecule has 170 valence electrons. The predicted molar refractivity (Wildman–Crippen MR) is 121 cm³/mol. The lowest BCUT2D eigenvalue weighted by molar-refractivity contribution is -0.123. The molecule has 32 heavy (non-hydrogen) atoms. The van der Waals surface area contributed by atoms with Gasteiger partial charge in [-0.15, -0.1) is 0 Å². The van der Waals surface area contributed by atoms with Gasteiger partial charge in [-0.25, -0.2) is 0 Å². The Morgan fingerprint density at radius 2 is 1.78 bits per heavy atom. The van der Waals surface area contributed by atoms with Crippen molar-refractivity contribution in [1.29, 1.82) is 0 Å². The molecule has 3 unspecified atom stereocenters. The van der Waals surface area contributed by atoms with E-state index in [2.05, 4.69) is 39.6 Å². The van der Waals surface area contributed by atoms with E-state index in [1.807, 2.05) is 6.07 Å². The molecular weight excluding hydrogens is 400 g/mol. The minimum absolute atomic E-state index is 0.101. The van der Waals surface area contributed by atoms with Crippen LogP contribution in [0.2, 0.25) is 0 Å². The summed E-state index contributed by atoms with van der Waals surface area (Å²) in [5, 5.41) is 7.73. The molecule has 4 fully saturated rings. The number of hydrogen-bond donors (Lipinski definition) is 1. The van der Waals surface area contributed by atoms with Crippen LogP contribution in [0.25, 0.3) is 0 Å². The fourth-order valence-corrected chi connectivity index (χ4v) is 6.00. The third-order valence-electron chi connectivity index (χ3n) is 8.30. The molecule has 1 amide bonds. The van der Waals surface area contributed by atoms with Crippen molar-refractivity contribution in [3.8, 4) is 0 Å². The zero-order valence-electron chi connectivity index (χ0n) is 18.8. The van der Waals surface area contributed by atoms with Gasteiger partial charge in [-0.1, -0.05) is 41.9 Å². The Bertz CT molecular complexity index is 922. The van der Waals surface area contributed by atoms with Crippen LogP contribution in [0.3, 0.4) is 0 Å². The summed E-state index contributed by atoms with van der Waals surface area (Å²) in [6.07, 6.45) is 11.5. The summed E-state index contributed by atoms with van der Waals surface area (Å²) in [5.74, 6) is 3.24. The maximum Gasteiger partial charge on any atom is 0.229 e. The molecule has 2 aliphatic heterocycles. The Kier molecular flexibility index (Phi) is 5.49. The van der Waals surface area contributed by atoms with Gasteiger partial charge >= 0.3 is 0 Å². The summed E-state index contributed by atoms with van der Waals surface area (Å²) >= 11 is 0. The second-order valence-corrected chi connectivity index (χ2v) is 10.4. The molecule has 0 spiro atoms. The van der Waals surface area contributed by atoms with Crippen molar-refractivity contribution in [3.05, 3.63) is 47.6 Å². The number of benzene rings is 1. The van der Waals surface area contributed by atoms with Crippen LogP contribution in [0.15, 0.2) is 34.9 Å². The molecule has 1 N–H and O–H groups in total. The Balaban J connectivity index is 1.09. The first-order chi connectivity index (χ1) is 15.7. The lowest BCUT2D eigenvalue weighted by atomic mass is 9.85. The highest BCUT2D eigenvalue weighted by atomic mass is 16.5. The van der Waals surface area contributed by atoms with Gasteiger partial charge in [0.25, 0.3) is 0 Å². The van der Waals surface area contributed by atoms with Crippen molar-refractivity contribution in [3.63, 3.8) is 0 Å². The Morgan fingerprint density at radius 3 is 2.44 bits per heavy atom. The van der Waals surface area contributed by atoms with E-state index in [4.69, 9.17) is 9.51 Å². The molecule has 2 saturated heterocycles. The average molecular weight is 435 g/mol. The first-order valence-corrected chi connectivity index (χ1v) is 12.7. The number of fused-ring (bicyclic) bond motifs is 2. The SMILES string of the molecule is O=C(NC(CCN1C2CCC1CC(c1noc(C3CCC3)n1)C2)c1ccccc1)C1CC1.